The number of unbranched alkanes of at least 4 members (excludes halogenated alkanes) is 2. The number of nitrogens with zero attached hydrogens (tertiary/aromatic N) is 1. The molecule has 1 rings (SSSR count). The summed E-state index contributed by atoms with van der Waals surface area (Å²) in [6, 6.07) is 9.55. The van der Waals surface area contributed by atoms with Gasteiger partial charge in [-0.05, 0) is 37.5 Å². The first-order valence-electron chi connectivity index (χ1n) is 8.20. The van der Waals surface area contributed by atoms with E-state index in [-0.39, 0.29) is 0 Å². The lowest BCUT2D eigenvalue weighted by atomic mass is 10.1. The van der Waals surface area contributed by atoms with Crippen LogP contribution in [0.3, 0.4) is 0 Å². The molecule has 114 valence electrons. The smallest absolute Gasteiger partial charge is 0.0364 e. The molecule has 20 heavy (non-hydrogen) atoms. The van der Waals surface area contributed by atoms with Gasteiger partial charge in [0.25, 0.3) is 0 Å². The molecule has 1 aromatic rings. The quantitative estimate of drug-likeness (QED) is 0.643. The fourth-order valence-electron chi connectivity index (χ4n) is 2.40. The maximum absolute atomic E-state index is 3.62. The first kappa shape index (κ1) is 17.0. The third kappa shape index (κ3) is 6.42. The number of anilines is 1. The van der Waals surface area contributed by atoms with Crippen molar-refractivity contribution in [2.24, 2.45) is 0 Å². The Bertz CT molecular complexity index is 345. The summed E-state index contributed by atoms with van der Waals surface area (Å²) >= 11 is 0. The summed E-state index contributed by atoms with van der Waals surface area (Å²) < 4.78 is 0. The molecule has 0 fully saturated rings. The summed E-state index contributed by atoms with van der Waals surface area (Å²) in [4.78, 5) is 2.32. The zero-order valence-electron chi connectivity index (χ0n) is 13.8. The Morgan fingerprint density at radius 3 is 2.40 bits per heavy atom. The highest BCUT2D eigenvalue weighted by Crippen LogP contribution is 2.13. The normalized spacial score (nSPS) is 12.4. The first-order valence-corrected chi connectivity index (χ1v) is 8.20. The van der Waals surface area contributed by atoms with Gasteiger partial charge in [0.1, 0.15) is 0 Å². The highest BCUT2D eigenvalue weighted by Gasteiger charge is 2.03. The van der Waals surface area contributed by atoms with Crippen LogP contribution >= 0.6 is 0 Å². The van der Waals surface area contributed by atoms with Gasteiger partial charge in [0.05, 0.1) is 0 Å². The van der Waals surface area contributed by atoms with E-state index >= 15 is 0 Å². The number of aryl methyl sites for hydroxylation is 1. The van der Waals surface area contributed by atoms with Gasteiger partial charge in [-0.3, -0.25) is 0 Å². The molecule has 2 heteroatoms. The molecular weight excluding hydrogens is 244 g/mol. The van der Waals surface area contributed by atoms with Crippen LogP contribution in [-0.4, -0.2) is 26.2 Å². The largest absolute Gasteiger partial charge is 0.373 e. The van der Waals surface area contributed by atoms with E-state index in [1.165, 1.54) is 36.9 Å². The molecule has 0 aliphatic carbocycles. The molecule has 0 aromatic heterocycles. The van der Waals surface area contributed by atoms with Crippen molar-refractivity contribution >= 4 is 5.69 Å². The molecule has 0 aliphatic rings. The number of rotatable bonds is 10. The highest BCUT2D eigenvalue weighted by molar-refractivity contribution is 5.46. The van der Waals surface area contributed by atoms with Crippen molar-refractivity contribution in [3.05, 3.63) is 29.8 Å². The second kappa shape index (κ2) is 9.82. The summed E-state index contributed by atoms with van der Waals surface area (Å²) in [5.41, 5.74) is 2.72. The summed E-state index contributed by atoms with van der Waals surface area (Å²) in [6.45, 7) is 8.87. The topological polar surface area (TPSA) is 15.3 Å². The molecule has 2 nitrogen and oxygen atoms in total. The Balaban J connectivity index is 2.23. The van der Waals surface area contributed by atoms with E-state index in [9.17, 15) is 0 Å². The minimum absolute atomic E-state index is 0.636. The molecule has 1 unspecified atom stereocenters. The summed E-state index contributed by atoms with van der Waals surface area (Å²) in [5.74, 6) is 0. The van der Waals surface area contributed by atoms with Crippen LogP contribution in [0.25, 0.3) is 0 Å². The van der Waals surface area contributed by atoms with E-state index in [1.807, 2.05) is 0 Å². The lowest BCUT2D eigenvalue weighted by Gasteiger charge is -2.21. The van der Waals surface area contributed by atoms with Gasteiger partial charge in [-0.1, -0.05) is 45.2 Å². The second-order valence-corrected chi connectivity index (χ2v) is 5.79. The minimum atomic E-state index is 0.636. The van der Waals surface area contributed by atoms with Crippen molar-refractivity contribution in [1.29, 1.82) is 0 Å². The van der Waals surface area contributed by atoms with E-state index in [1.54, 1.807) is 0 Å². The molecule has 0 aliphatic heterocycles. The fourth-order valence-corrected chi connectivity index (χ4v) is 2.40. The lowest BCUT2D eigenvalue weighted by Crippen LogP contribution is -2.34. The van der Waals surface area contributed by atoms with Gasteiger partial charge >= 0.3 is 0 Å². The van der Waals surface area contributed by atoms with Crippen LogP contribution in [0.1, 0.15) is 52.0 Å². The third-order valence-electron chi connectivity index (χ3n) is 3.97. The van der Waals surface area contributed by atoms with E-state index in [0.717, 1.165) is 19.5 Å². The van der Waals surface area contributed by atoms with Gasteiger partial charge in [-0.2, -0.15) is 0 Å². The fraction of sp³-hybridized carbons (Fsp3) is 0.667. The molecule has 0 saturated heterocycles. The maximum atomic E-state index is 3.62. The average Bonchev–Trinajstić information content (AvgIpc) is 2.47. The zero-order valence-corrected chi connectivity index (χ0v) is 13.8. The van der Waals surface area contributed by atoms with Gasteiger partial charge < -0.3 is 10.2 Å². The molecule has 0 spiro atoms. The van der Waals surface area contributed by atoms with Crippen molar-refractivity contribution in [3.8, 4) is 0 Å². The average molecular weight is 276 g/mol. The standard InChI is InChI=1S/C18H32N2/c1-5-7-8-9-16(3)19-14-15-20(4)18-12-10-17(6-2)11-13-18/h10-13,16,19H,5-9,14-15H2,1-4H3. The molecule has 0 amide bonds. The number of nitrogens with one attached hydrogen (secondary N) is 1. The van der Waals surface area contributed by atoms with E-state index in [0.29, 0.717) is 6.04 Å². The Labute approximate surface area is 125 Å². The van der Waals surface area contributed by atoms with Crippen molar-refractivity contribution in [1.82, 2.24) is 5.32 Å². The first-order chi connectivity index (χ1) is 9.67. The van der Waals surface area contributed by atoms with Crippen molar-refractivity contribution in [2.45, 2.75) is 58.9 Å². The van der Waals surface area contributed by atoms with E-state index in [4.69, 9.17) is 0 Å². The van der Waals surface area contributed by atoms with Crippen molar-refractivity contribution in [3.63, 3.8) is 0 Å². The number of likely N-dealkylation sites (N-methyl/N-ethyl adjacent to an activating group) is 1. The monoisotopic (exact) mass is 276 g/mol. The van der Waals surface area contributed by atoms with Crippen LogP contribution in [-0.2, 0) is 6.42 Å². The predicted octanol–water partition coefficient (Wildman–Crippen LogP) is 4.24. The van der Waals surface area contributed by atoms with Crippen LogP contribution in [0, 0.1) is 0 Å². The molecule has 0 heterocycles. The second-order valence-electron chi connectivity index (χ2n) is 5.79. The van der Waals surface area contributed by atoms with Gasteiger partial charge in [0.15, 0.2) is 0 Å². The van der Waals surface area contributed by atoms with Gasteiger partial charge in [0, 0.05) is 31.9 Å². The summed E-state index contributed by atoms with van der Waals surface area (Å²) in [5, 5.41) is 3.62. The van der Waals surface area contributed by atoms with Gasteiger partial charge in [-0.25, -0.2) is 0 Å². The third-order valence-corrected chi connectivity index (χ3v) is 3.97. The Morgan fingerprint density at radius 2 is 1.80 bits per heavy atom. The molecule has 0 radical (unpaired) electrons. The SMILES string of the molecule is CCCCCC(C)NCCN(C)c1ccc(CC)cc1. The van der Waals surface area contributed by atoms with Crippen molar-refractivity contribution < 1.29 is 0 Å². The molecule has 0 bridgehead atoms. The summed E-state index contributed by atoms with van der Waals surface area (Å²) in [7, 11) is 2.17. The number of benzene rings is 1. The van der Waals surface area contributed by atoms with Crippen molar-refractivity contribution in [2.75, 3.05) is 25.0 Å². The predicted molar refractivity (Wildman–Crippen MR) is 90.7 cm³/mol. The van der Waals surface area contributed by atoms with Gasteiger partial charge in [-0.15, -0.1) is 0 Å². The Morgan fingerprint density at radius 1 is 1.10 bits per heavy atom. The molecule has 1 atom stereocenters. The lowest BCUT2D eigenvalue weighted by molar-refractivity contribution is 0.491. The molecule has 0 saturated carbocycles. The summed E-state index contributed by atoms with van der Waals surface area (Å²) in [6.07, 6.45) is 6.42. The highest BCUT2D eigenvalue weighted by atomic mass is 15.1. The van der Waals surface area contributed by atoms with E-state index < -0.39 is 0 Å². The molecular formula is C18H32N2. The van der Waals surface area contributed by atoms with Crippen LogP contribution < -0.4 is 10.2 Å². The number of hydrogen-bond donors (Lipinski definition) is 1. The van der Waals surface area contributed by atoms with E-state index in [2.05, 4.69) is 62.3 Å². The molecule has 1 N–H and O–H groups in total. The maximum Gasteiger partial charge on any atom is 0.0364 e. The van der Waals surface area contributed by atoms with Crippen LogP contribution in [0.4, 0.5) is 5.69 Å². The Hall–Kier alpha value is -1.02. The van der Waals surface area contributed by atoms with Gasteiger partial charge in [0.2, 0.25) is 0 Å². The minimum Gasteiger partial charge on any atom is -0.373 e. The Kier molecular flexibility index (Phi) is 8.36. The molecule has 1 aromatic carbocycles. The van der Waals surface area contributed by atoms with Crippen LogP contribution in [0.2, 0.25) is 0 Å². The zero-order chi connectivity index (χ0) is 14.8. The van der Waals surface area contributed by atoms with Crippen LogP contribution in [0.15, 0.2) is 24.3 Å². The van der Waals surface area contributed by atoms with Crippen LogP contribution in [0.5, 0.6) is 0 Å². The number of hydrogen-bond acceptors (Lipinski definition) is 2.